The Kier molecular flexibility index (Phi) is 9.34. The normalized spacial score (nSPS) is 10.6. The predicted octanol–water partition coefficient (Wildman–Crippen LogP) is 2.07. The Bertz CT molecular complexity index is 689. The summed E-state index contributed by atoms with van der Waals surface area (Å²) < 4.78 is 5.60. The zero-order chi connectivity index (χ0) is 19.3. The molecule has 0 spiro atoms. The van der Waals surface area contributed by atoms with Crippen LogP contribution in [-0.4, -0.2) is 43.9 Å². The monoisotopic (exact) mass is 371 g/mol. The summed E-state index contributed by atoms with van der Waals surface area (Å²) >= 11 is 0. The van der Waals surface area contributed by atoms with E-state index in [4.69, 9.17) is 9.84 Å². The number of nitrogens with one attached hydrogen (secondary N) is 3. The van der Waals surface area contributed by atoms with Crippen LogP contribution in [0.1, 0.15) is 17.5 Å². The van der Waals surface area contributed by atoms with E-state index >= 15 is 0 Å². The Morgan fingerprint density at radius 3 is 2.59 bits per heavy atom. The molecule has 1 amide bonds. The van der Waals surface area contributed by atoms with Crippen LogP contribution in [0.15, 0.2) is 48.5 Å². The molecule has 0 aromatic heterocycles. The molecule has 0 radical (unpaired) electrons. The maximum atomic E-state index is 12.0. The fraction of sp³-hybridized carbons (Fsp3) is 0.381. The number of carbonyl (C=O) groups is 1. The second kappa shape index (κ2) is 12.1. The molecule has 0 bridgehead atoms. The maximum absolute atomic E-state index is 12.0. The molecular weight excluding hydrogens is 342 g/mol. The van der Waals surface area contributed by atoms with Gasteiger partial charge in [-0.2, -0.15) is 0 Å². The van der Waals surface area contributed by atoms with Crippen molar-refractivity contribution in [2.45, 2.75) is 19.9 Å². The molecule has 4 N–H and O–H groups in total. The van der Waals surface area contributed by atoms with Gasteiger partial charge in [-0.05, 0) is 56.3 Å². The predicted molar refractivity (Wildman–Crippen MR) is 108 cm³/mol. The fourth-order valence-electron chi connectivity index (χ4n) is 2.50. The van der Waals surface area contributed by atoms with Gasteiger partial charge >= 0.3 is 0 Å². The minimum Gasteiger partial charge on any atom is -0.484 e. The molecule has 0 aliphatic rings. The van der Waals surface area contributed by atoms with Crippen LogP contribution in [0, 0.1) is 6.92 Å². The largest absolute Gasteiger partial charge is 0.484 e. The van der Waals surface area contributed by atoms with E-state index in [1.165, 1.54) is 0 Å². The molecule has 0 fully saturated rings. The van der Waals surface area contributed by atoms with Crippen molar-refractivity contribution in [2.24, 2.45) is 0 Å². The van der Waals surface area contributed by atoms with Crippen LogP contribution in [-0.2, 0) is 11.3 Å². The first kappa shape index (κ1) is 20.9. The summed E-state index contributed by atoms with van der Waals surface area (Å²) in [6, 6.07) is 15.4. The Labute approximate surface area is 160 Å². The molecule has 0 unspecified atom stereocenters. The highest BCUT2D eigenvalue weighted by atomic mass is 16.5. The molecule has 0 heterocycles. The molecule has 0 aliphatic heterocycles. The molecule has 2 rings (SSSR count). The standard InChI is InChI=1S/C21H29N3O3/c1-17-6-8-19(9-7-17)24-21(26)16-27-20-5-2-4-18(14-20)15-23-11-3-10-22-12-13-25/h2,4-9,14,22-23,25H,3,10-13,15-16H2,1H3,(H,24,26). The van der Waals surface area contributed by atoms with Crippen LogP contribution < -0.4 is 20.7 Å². The van der Waals surface area contributed by atoms with Crippen molar-refractivity contribution in [1.82, 2.24) is 10.6 Å². The molecule has 2 aromatic rings. The van der Waals surface area contributed by atoms with E-state index in [-0.39, 0.29) is 19.1 Å². The minimum atomic E-state index is -0.183. The highest BCUT2D eigenvalue weighted by Crippen LogP contribution is 2.14. The van der Waals surface area contributed by atoms with Gasteiger partial charge in [0.25, 0.3) is 5.91 Å². The van der Waals surface area contributed by atoms with Gasteiger partial charge in [-0.25, -0.2) is 0 Å². The summed E-state index contributed by atoms with van der Waals surface area (Å²) in [4.78, 5) is 12.0. The van der Waals surface area contributed by atoms with Crippen LogP contribution in [0.25, 0.3) is 0 Å². The molecule has 0 atom stereocenters. The Balaban J connectivity index is 1.68. The fourth-order valence-corrected chi connectivity index (χ4v) is 2.50. The van der Waals surface area contributed by atoms with Gasteiger partial charge in [-0.15, -0.1) is 0 Å². The van der Waals surface area contributed by atoms with Crippen molar-refractivity contribution in [3.8, 4) is 5.75 Å². The van der Waals surface area contributed by atoms with E-state index in [9.17, 15) is 4.79 Å². The lowest BCUT2D eigenvalue weighted by Gasteiger charge is -2.10. The van der Waals surface area contributed by atoms with Crippen molar-refractivity contribution in [3.05, 3.63) is 59.7 Å². The van der Waals surface area contributed by atoms with Crippen LogP contribution in [0.2, 0.25) is 0 Å². The summed E-state index contributed by atoms with van der Waals surface area (Å²) in [7, 11) is 0. The number of aryl methyl sites for hydroxylation is 1. The van der Waals surface area contributed by atoms with E-state index in [1.807, 2.05) is 55.5 Å². The molecular formula is C21H29N3O3. The summed E-state index contributed by atoms with van der Waals surface area (Å²) in [5.74, 6) is 0.496. The third-order valence-corrected chi connectivity index (χ3v) is 3.93. The lowest BCUT2D eigenvalue weighted by atomic mass is 10.2. The van der Waals surface area contributed by atoms with E-state index in [2.05, 4.69) is 16.0 Å². The van der Waals surface area contributed by atoms with Crippen molar-refractivity contribution in [2.75, 3.05) is 38.2 Å². The number of rotatable bonds is 12. The number of carbonyl (C=O) groups excluding carboxylic acids is 1. The highest BCUT2D eigenvalue weighted by molar-refractivity contribution is 5.91. The first-order chi connectivity index (χ1) is 13.2. The summed E-state index contributed by atoms with van der Waals surface area (Å²) in [6.45, 7) is 5.30. The van der Waals surface area contributed by atoms with Gasteiger partial charge in [0.05, 0.1) is 6.61 Å². The van der Waals surface area contributed by atoms with Gasteiger partial charge in [-0.3, -0.25) is 4.79 Å². The Hall–Kier alpha value is -2.41. The Morgan fingerprint density at radius 1 is 1.04 bits per heavy atom. The summed E-state index contributed by atoms with van der Waals surface area (Å²) in [5.41, 5.74) is 3.02. The first-order valence-corrected chi connectivity index (χ1v) is 9.28. The van der Waals surface area contributed by atoms with E-state index in [1.54, 1.807) is 0 Å². The average Bonchev–Trinajstić information content (AvgIpc) is 2.68. The number of amides is 1. The van der Waals surface area contributed by atoms with Crippen LogP contribution in [0.5, 0.6) is 5.75 Å². The van der Waals surface area contributed by atoms with Crippen molar-refractivity contribution in [1.29, 1.82) is 0 Å². The molecule has 6 heteroatoms. The van der Waals surface area contributed by atoms with Crippen molar-refractivity contribution < 1.29 is 14.6 Å². The molecule has 146 valence electrons. The van der Waals surface area contributed by atoms with E-state index in [0.717, 1.165) is 42.9 Å². The van der Waals surface area contributed by atoms with Crippen LogP contribution in [0.4, 0.5) is 5.69 Å². The van der Waals surface area contributed by atoms with E-state index in [0.29, 0.717) is 12.3 Å². The Morgan fingerprint density at radius 2 is 1.81 bits per heavy atom. The van der Waals surface area contributed by atoms with Gasteiger partial charge in [-0.1, -0.05) is 29.8 Å². The summed E-state index contributed by atoms with van der Waals surface area (Å²) in [6.07, 6.45) is 0.995. The number of ether oxygens (including phenoxy) is 1. The van der Waals surface area contributed by atoms with Gasteiger partial charge in [0.2, 0.25) is 0 Å². The average molecular weight is 371 g/mol. The van der Waals surface area contributed by atoms with Gasteiger partial charge in [0, 0.05) is 18.8 Å². The first-order valence-electron chi connectivity index (χ1n) is 9.28. The second-order valence-electron chi connectivity index (χ2n) is 6.35. The number of hydrogen-bond donors (Lipinski definition) is 4. The van der Waals surface area contributed by atoms with Crippen molar-refractivity contribution in [3.63, 3.8) is 0 Å². The SMILES string of the molecule is Cc1ccc(NC(=O)COc2cccc(CNCCCNCCO)c2)cc1. The molecule has 6 nitrogen and oxygen atoms in total. The highest BCUT2D eigenvalue weighted by Gasteiger charge is 2.04. The number of hydrogen-bond acceptors (Lipinski definition) is 5. The maximum Gasteiger partial charge on any atom is 0.262 e. The van der Waals surface area contributed by atoms with E-state index < -0.39 is 0 Å². The summed E-state index contributed by atoms with van der Waals surface area (Å²) in [5, 5.41) is 18.0. The van der Waals surface area contributed by atoms with Crippen LogP contribution >= 0.6 is 0 Å². The number of aliphatic hydroxyl groups excluding tert-OH is 1. The molecule has 27 heavy (non-hydrogen) atoms. The third-order valence-electron chi connectivity index (χ3n) is 3.93. The van der Waals surface area contributed by atoms with Crippen LogP contribution in [0.3, 0.4) is 0 Å². The zero-order valence-corrected chi connectivity index (χ0v) is 15.8. The molecule has 2 aromatic carbocycles. The number of aliphatic hydroxyl groups is 1. The van der Waals surface area contributed by atoms with Gasteiger partial charge < -0.3 is 25.8 Å². The lowest BCUT2D eigenvalue weighted by molar-refractivity contribution is -0.118. The van der Waals surface area contributed by atoms with Gasteiger partial charge in [0.15, 0.2) is 6.61 Å². The smallest absolute Gasteiger partial charge is 0.262 e. The topological polar surface area (TPSA) is 82.6 Å². The number of anilines is 1. The zero-order valence-electron chi connectivity index (χ0n) is 15.8. The molecule has 0 saturated heterocycles. The molecule has 0 aliphatic carbocycles. The second-order valence-corrected chi connectivity index (χ2v) is 6.35. The van der Waals surface area contributed by atoms with Crippen molar-refractivity contribution >= 4 is 11.6 Å². The third kappa shape index (κ3) is 8.68. The molecule has 0 saturated carbocycles. The minimum absolute atomic E-state index is 0.0265. The van der Waals surface area contributed by atoms with Gasteiger partial charge in [0.1, 0.15) is 5.75 Å². The quantitative estimate of drug-likeness (QED) is 0.430. The number of benzene rings is 2. The lowest BCUT2D eigenvalue weighted by Crippen LogP contribution is -2.23.